The predicted octanol–water partition coefficient (Wildman–Crippen LogP) is 3.02. The van der Waals surface area contributed by atoms with Crippen molar-refractivity contribution in [3.63, 3.8) is 0 Å². The Hall–Kier alpha value is -0.450. The minimum absolute atomic E-state index is 0.525. The van der Waals surface area contributed by atoms with Crippen molar-refractivity contribution in [1.82, 2.24) is 15.2 Å². The molecule has 102 valence electrons. The summed E-state index contributed by atoms with van der Waals surface area (Å²) in [6.07, 6.45) is 4.07. The van der Waals surface area contributed by atoms with E-state index in [-0.39, 0.29) is 0 Å². The van der Waals surface area contributed by atoms with E-state index in [1.165, 1.54) is 36.5 Å². The standard InChI is InChI=1S/C14H25N3S/c1-11(2)15-8-13-10-18-14(16-13)9-17-7-5-4-6-12(17)3/h10-12,15H,4-9H2,1-3H3. The largest absolute Gasteiger partial charge is 0.309 e. The molecule has 3 nitrogen and oxygen atoms in total. The molecule has 0 radical (unpaired) electrons. The molecule has 0 aromatic carbocycles. The molecule has 0 bridgehead atoms. The summed E-state index contributed by atoms with van der Waals surface area (Å²) < 4.78 is 0. The smallest absolute Gasteiger partial charge is 0.107 e. The molecule has 0 saturated carbocycles. The van der Waals surface area contributed by atoms with Gasteiger partial charge >= 0.3 is 0 Å². The van der Waals surface area contributed by atoms with Crippen molar-refractivity contribution in [3.8, 4) is 0 Å². The first-order valence-corrected chi connectivity index (χ1v) is 7.94. The second-order valence-electron chi connectivity index (χ2n) is 5.58. The summed E-state index contributed by atoms with van der Waals surface area (Å²) >= 11 is 1.80. The molecule has 1 atom stereocenters. The van der Waals surface area contributed by atoms with E-state index in [0.29, 0.717) is 6.04 Å². The Bertz CT molecular complexity index is 362. The van der Waals surface area contributed by atoms with Gasteiger partial charge in [0, 0.05) is 24.0 Å². The Morgan fingerprint density at radius 3 is 3.06 bits per heavy atom. The SMILES string of the molecule is CC(C)NCc1csc(CN2CCCCC2C)n1. The molecule has 4 heteroatoms. The van der Waals surface area contributed by atoms with Crippen LogP contribution in [0.1, 0.15) is 50.7 Å². The number of piperidine rings is 1. The van der Waals surface area contributed by atoms with Gasteiger partial charge in [-0.25, -0.2) is 4.98 Å². The molecule has 1 unspecified atom stereocenters. The van der Waals surface area contributed by atoms with Crippen LogP contribution < -0.4 is 5.32 Å². The highest BCUT2D eigenvalue weighted by Crippen LogP contribution is 2.20. The molecule has 1 aromatic heterocycles. The second kappa shape index (κ2) is 6.64. The van der Waals surface area contributed by atoms with Gasteiger partial charge < -0.3 is 5.32 Å². The van der Waals surface area contributed by atoms with Crippen LogP contribution in [0.15, 0.2) is 5.38 Å². The first kappa shape index (κ1) is 14.0. The van der Waals surface area contributed by atoms with E-state index in [1.807, 2.05) is 0 Å². The van der Waals surface area contributed by atoms with E-state index in [0.717, 1.165) is 19.1 Å². The lowest BCUT2D eigenvalue weighted by atomic mass is 10.0. The summed E-state index contributed by atoms with van der Waals surface area (Å²) in [7, 11) is 0. The Morgan fingerprint density at radius 2 is 2.33 bits per heavy atom. The van der Waals surface area contributed by atoms with Gasteiger partial charge in [0.25, 0.3) is 0 Å². The highest BCUT2D eigenvalue weighted by Gasteiger charge is 2.19. The van der Waals surface area contributed by atoms with Crippen LogP contribution in [0.5, 0.6) is 0 Å². The molecule has 0 aliphatic carbocycles. The fourth-order valence-electron chi connectivity index (χ4n) is 2.38. The summed E-state index contributed by atoms with van der Waals surface area (Å²) in [4.78, 5) is 7.30. The number of nitrogens with one attached hydrogen (secondary N) is 1. The summed E-state index contributed by atoms with van der Waals surface area (Å²) in [6, 6.07) is 1.25. The number of nitrogens with zero attached hydrogens (tertiary/aromatic N) is 2. The average molecular weight is 267 g/mol. The minimum Gasteiger partial charge on any atom is -0.309 e. The van der Waals surface area contributed by atoms with Gasteiger partial charge in [0.05, 0.1) is 12.2 Å². The third-order valence-electron chi connectivity index (χ3n) is 3.57. The van der Waals surface area contributed by atoms with Crippen molar-refractivity contribution >= 4 is 11.3 Å². The zero-order chi connectivity index (χ0) is 13.0. The first-order valence-electron chi connectivity index (χ1n) is 7.06. The van der Waals surface area contributed by atoms with Crippen molar-refractivity contribution in [3.05, 3.63) is 16.1 Å². The number of likely N-dealkylation sites (tertiary alicyclic amines) is 1. The Balaban J connectivity index is 1.85. The summed E-state index contributed by atoms with van der Waals surface area (Å²) in [5.41, 5.74) is 1.19. The molecule has 1 fully saturated rings. The van der Waals surface area contributed by atoms with E-state index in [9.17, 15) is 0 Å². The molecule has 2 heterocycles. The lowest BCUT2D eigenvalue weighted by molar-refractivity contribution is 0.152. The zero-order valence-electron chi connectivity index (χ0n) is 11.8. The molecule has 1 aliphatic heterocycles. The Labute approximate surface area is 115 Å². The number of thiazole rings is 1. The average Bonchev–Trinajstić information content (AvgIpc) is 2.77. The van der Waals surface area contributed by atoms with Crippen LogP contribution in [0, 0.1) is 0 Å². The number of hydrogen-bond donors (Lipinski definition) is 1. The summed E-state index contributed by atoms with van der Waals surface area (Å²) in [6.45, 7) is 9.84. The number of rotatable bonds is 5. The van der Waals surface area contributed by atoms with Gasteiger partial charge in [-0.2, -0.15) is 0 Å². The second-order valence-corrected chi connectivity index (χ2v) is 6.53. The molecular weight excluding hydrogens is 242 g/mol. The maximum Gasteiger partial charge on any atom is 0.107 e. The van der Waals surface area contributed by atoms with Crippen LogP contribution >= 0.6 is 11.3 Å². The van der Waals surface area contributed by atoms with E-state index >= 15 is 0 Å². The normalized spacial score (nSPS) is 21.7. The highest BCUT2D eigenvalue weighted by molar-refractivity contribution is 7.09. The lowest BCUT2D eigenvalue weighted by Crippen LogP contribution is -2.36. The van der Waals surface area contributed by atoms with Crippen LogP contribution in [-0.2, 0) is 13.1 Å². The molecule has 0 amide bonds. The van der Waals surface area contributed by atoms with E-state index in [1.54, 1.807) is 11.3 Å². The summed E-state index contributed by atoms with van der Waals surface area (Å²) in [5.74, 6) is 0. The lowest BCUT2D eigenvalue weighted by Gasteiger charge is -2.32. The minimum atomic E-state index is 0.525. The summed E-state index contributed by atoms with van der Waals surface area (Å²) in [5, 5.41) is 6.88. The number of aromatic nitrogens is 1. The van der Waals surface area contributed by atoms with Gasteiger partial charge in [-0.1, -0.05) is 20.3 Å². The topological polar surface area (TPSA) is 28.2 Å². The van der Waals surface area contributed by atoms with Crippen LogP contribution in [0.2, 0.25) is 0 Å². The molecule has 1 aromatic rings. The third kappa shape index (κ3) is 4.04. The van der Waals surface area contributed by atoms with Gasteiger partial charge in [0.1, 0.15) is 5.01 Å². The van der Waals surface area contributed by atoms with Crippen molar-refractivity contribution in [2.45, 2.75) is 65.2 Å². The molecule has 1 saturated heterocycles. The van der Waals surface area contributed by atoms with E-state index < -0.39 is 0 Å². The van der Waals surface area contributed by atoms with Crippen LogP contribution in [0.4, 0.5) is 0 Å². The molecule has 1 aliphatic rings. The van der Waals surface area contributed by atoms with Crippen molar-refractivity contribution < 1.29 is 0 Å². The van der Waals surface area contributed by atoms with Gasteiger partial charge in [-0.3, -0.25) is 4.90 Å². The molecule has 0 spiro atoms. The van der Waals surface area contributed by atoms with E-state index in [2.05, 4.69) is 36.4 Å². The Kier molecular flexibility index (Phi) is 5.15. The highest BCUT2D eigenvalue weighted by atomic mass is 32.1. The maximum atomic E-state index is 4.73. The Morgan fingerprint density at radius 1 is 1.50 bits per heavy atom. The van der Waals surface area contributed by atoms with Gasteiger partial charge in [-0.05, 0) is 26.3 Å². The van der Waals surface area contributed by atoms with Crippen molar-refractivity contribution in [2.24, 2.45) is 0 Å². The van der Waals surface area contributed by atoms with Gasteiger partial charge in [-0.15, -0.1) is 11.3 Å². The zero-order valence-corrected chi connectivity index (χ0v) is 12.6. The van der Waals surface area contributed by atoms with Gasteiger partial charge in [0.15, 0.2) is 0 Å². The fourth-order valence-corrected chi connectivity index (χ4v) is 3.20. The molecule has 18 heavy (non-hydrogen) atoms. The predicted molar refractivity (Wildman–Crippen MR) is 77.8 cm³/mol. The van der Waals surface area contributed by atoms with Gasteiger partial charge in [0.2, 0.25) is 0 Å². The third-order valence-corrected chi connectivity index (χ3v) is 4.45. The first-order chi connectivity index (χ1) is 8.65. The monoisotopic (exact) mass is 267 g/mol. The molecular formula is C14H25N3S. The molecule has 2 rings (SSSR count). The van der Waals surface area contributed by atoms with E-state index in [4.69, 9.17) is 4.98 Å². The van der Waals surface area contributed by atoms with Crippen LogP contribution in [-0.4, -0.2) is 28.5 Å². The maximum absolute atomic E-state index is 4.73. The molecule has 1 N–H and O–H groups in total. The van der Waals surface area contributed by atoms with Crippen molar-refractivity contribution in [1.29, 1.82) is 0 Å². The number of hydrogen-bond acceptors (Lipinski definition) is 4. The van der Waals surface area contributed by atoms with Crippen LogP contribution in [0.3, 0.4) is 0 Å². The fraction of sp³-hybridized carbons (Fsp3) is 0.786. The quantitative estimate of drug-likeness (QED) is 0.889. The van der Waals surface area contributed by atoms with Crippen molar-refractivity contribution in [2.75, 3.05) is 6.54 Å². The van der Waals surface area contributed by atoms with Crippen LogP contribution in [0.25, 0.3) is 0 Å².